The SMILES string of the molecule is CC(C)NC(=O)[C@@]1(C)CC(c2ccccc2)=NO1. The summed E-state index contributed by atoms with van der Waals surface area (Å²) in [7, 11) is 0. The van der Waals surface area contributed by atoms with Crippen molar-refractivity contribution in [1.82, 2.24) is 5.32 Å². The monoisotopic (exact) mass is 246 g/mol. The Bertz CT molecular complexity index is 468. The van der Waals surface area contributed by atoms with Gasteiger partial charge in [0.05, 0.1) is 5.71 Å². The predicted molar refractivity (Wildman–Crippen MR) is 70.4 cm³/mol. The summed E-state index contributed by atoms with van der Waals surface area (Å²) in [5.41, 5.74) is 0.922. The molecule has 0 aliphatic carbocycles. The molecule has 2 rings (SSSR count). The third-order valence-electron chi connectivity index (χ3n) is 2.87. The van der Waals surface area contributed by atoms with Crippen molar-refractivity contribution in [2.75, 3.05) is 0 Å². The van der Waals surface area contributed by atoms with E-state index in [-0.39, 0.29) is 11.9 Å². The van der Waals surface area contributed by atoms with Crippen LogP contribution >= 0.6 is 0 Å². The smallest absolute Gasteiger partial charge is 0.267 e. The fourth-order valence-corrected chi connectivity index (χ4v) is 1.86. The average Bonchev–Trinajstić information content (AvgIpc) is 2.74. The van der Waals surface area contributed by atoms with Gasteiger partial charge in [-0.25, -0.2) is 0 Å². The first kappa shape index (κ1) is 12.6. The Kier molecular flexibility index (Phi) is 3.36. The van der Waals surface area contributed by atoms with Crippen LogP contribution in [0, 0.1) is 0 Å². The number of amides is 1. The molecule has 4 heteroatoms. The lowest BCUT2D eigenvalue weighted by atomic mass is 9.95. The van der Waals surface area contributed by atoms with E-state index in [0.29, 0.717) is 6.42 Å². The van der Waals surface area contributed by atoms with Crippen molar-refractivity contribution < 1.29 is 9.63 Å². The number of nitrogens with one attached hydrogen (secondary N) is 1. The van der Waals surface area contributed by atoms with Gasteiger partial charge in [0.15, 0.2) is 0 Å². The standard InChI is InChI=1S/C14H18N2O2/c1-10(2)15-13(17)14(3)9-12(16-18-14)11-7-5-4-6-8-11/h4-8,10H,9H2,1-3H3,(H,15,17)/t14-/m1/s1. The van der Waals surface area contributed by atoms with Gasteiger partial charge in [0.25, 0.3) is 5.91 Å². The van der Waals surface area contributed by atoms with Crippen LogP contribution in [0.5, 0.6) is 0 Å². The Morgan fingerprint density at radius 2 is 2.06 bits per heavy atom. The molecule has 0 aromatic heterocycles. The summed E-state index contributed by atoms with van der Waals surface area (Å²) in [6.07, 6.45) is 0.496. The Morgan fingerprint density at radius 3 is 2.67 bits per heavy atom. The molecule has 1 aromatic rings. The molecule has 0 spiro atoms. The zero-order valence-corrected chi connectivity index (χ0v) is 10.9. The molecule has 18 heavy (non-hydrogen) atoms. The van der Waals surface area contributed by atoms with Crippen molar-refractivity contribution in [3.05, 3.63) is 35.9 Å². The van der Waals surface area contributed by atoms with Gasteiger partial charge in [-0.1, -0.05) is 35.5 Å². The van der Waals surface area contributed by atoms with Crippen LogP contribution in [0.2, 0.25) is 0 Å². The van der Waals surface area contributed by atoms with Crippen LogP contribution in [0.25, 0.3) is 0 Å². The molecule has 96 valence electrons. The molecule has 0 unspecified atom stereocenters. The molecule has 1 N–H and O–H groups in total. The average molecular weight is 246 g/mol. The van der Waals surface area contributed by atoms with Crippen molar-refractivity contribution in [1.29, 1.82) is 0 Å². The Labute approximate surface area is 107 Å². The van der Waals surface area contributed by atoms with Crippen LogP contribution in [0.1, 0.15) is 32.8 Å². The fourth-order valence-electron chi connectivity index (χ4n) is 1.86. The first-order valence-electron chi connectivity index (χ1n) is 6.13. The van der Waals surface area contributed by atoms with Crippen molar-refractivity contribution >= 4 is 11.6 Å². The first-order valence-corrected chi connectivity index (χ1v) is 6.13. The third kappa shape index (κ3) is 2.53. The van der Waals surface area contributed by atoms with E-state index in [4.69, 9.17) is 4.84 Å². The molecule has 0 saturated heterocycles. The summed E-state index contributed by atoms with van der Waals surface area (Å²) in [5.74, 6) is -0.118. The van der Waals surface area contributed by atoms with E-state index < -0.39 is 5.60 Å². The van der Waals surface area contributed by atoms with Gasteiger partial charge < -0.3 is 10.2 Å². The molecule has 1 heterocycles. The summed E-state index contributed by atoms with van der Waals surface area (Å²) < 4.78 is 0. The molecule has 1 aromatic carbocycles. The van der Waals surface area contributed by atoms with Gasteiger partial charge in [-0.15, -0.1) is 0 Å². The maximum atomic E-state index is 12.0. The van der Waals surface area contributed by atoms with Crippen LogP contribution in [0.15, 0.2) is 35.5 Å². The summed E-state index contributed by atoms with van der Waals surface area (Å²) in [6, 6.07) is 9.87. The van der Waals surface area contributed by atoms with Gasteiger partial charge in [-0.2, -0.15) is 0 Å². The Hall–Kier alpha value is -1.84. The fraction of sp³-hybridized carbons (Fsp3) is 0.429. The quantitative estimate of drug-likeness (QED) is 0.887. The van der Waals surface area contributed by atoms with Gasteiger partial charge >= 0.3 is 0 Å². The highest BCUT2D eigenvalue weighted by atomic mass is 16.7. The van der Waals surface area contributed by atoms with E-state index in [1.807, 2.05) is 44.2 Å². The van der Waals surface area contributed by atoms with Crippen LogP contribution in [0.4, 0.5) is 0 Å². The molecule has 0 fully saturated rings. The second kappa shape index (κ2) is 4.80. The highest BCUT2D eigenvalue weighted by molar-refractivity contribution is 6.05. The van der Waals surface area contributed by atoms with E-state index in [2.05, 4.69) is 10.5 Å². The van der Waals surface area contributed by atoms with Gasteiger partial charge in [0.1, 0.15) is 0 Å². The second-order valence-corrected chi connectivity index (χ2v) is 5.03. The van der Waals surface area contributed by atoms with Crippen LogP contribution in [0.3, 0.4) is 0 Å². The van der Waals surface area contributed by atoms with Gasteiger partial charge in [-0.05, 0) is 26.3 Å². The molecular weight excluding hydrogens is 228 g/mol. The number of benzene rings is 1. The lowest BCUT2D eigenvalue weighted by Gasteiger charge is -2.21. The zero-order chi connectivity index (χ0) is 13.2. The summed E-state index contributed by atoms with van der Waals surface area (Å²) >= 11 is 0. The molecule has 4 nitrogen and oxygen atoms in total. The maximum absolute atomic E-state index is 12.0. The molecule has 1 amide bonds. The van der Waals surface area contributed by atoms with Crippen molar-refractivity contribution in [3.63, 3.8) is 0 Å². The van der Waals surface area contributed by atoms with E-state index >= 15 is 0 Å². The minimum atomic E-state index is -0.893. The molecular formula is C14H18N2O2. The van der Waals surface area contributed by atoms with Gasteiger partial charge in [0, 0.05) is 12.5 Å². The number of hydrogen-bond donors (Lipinski definition) is 1. The second-order valence-electron chi connectivity index (χ2n) is 5.03. The van der Waals surface area contributed by atoms with Crippen molar-refractivity contribution in [3.8, 4) is 0 Å². The molecule has 0 bridgehead atoms. The van der Waals surface area contributed by atoms with Crippen LogP contribution < -0.4 is 5.32 Å². The maximum Gasteiger partial charge on any atom is 0.267 e. The van der Waals surface area contributed by atoms with E-state index in [1.165, 1.54) is 0 Å². The molecule has 1 atom stereocenters. The van der Waals surface area contributed by atoms with Crippen molar-refractivity contribution in [2.45, 2.75) is 38.8 Å². The lowest BCUT2D eigenvalue weighted by Crippen LogP contribution is -2.47. The van der Waals surface area contributed by atoms with E-state index in [9.17, 15) is 4.79 Å². The lowest BCUT2D eigenvalue weighted by molar-refractivity contribution is -0.142. The largest absolute Gasteiger partial charge is 0.379 e. The number of oxime groups is 1. The van der Waals surface area contributed by atoms with Crippen molar-refractivity contribution in [2.24, 2.45) is 5.16 Å². The third-order valence-corrected chi connectivity index (χ3v) is 2.87. The summed E-state index contributed by atoms with van der Waals surface area (Å²) in [4.78, 5) is 17.4. The highest BCUT2D eigenvalue weighted by Gasteiger charge is 2.42. The number of rotatable bonds is 3. The van der Waals surface area contributed by atoms with E-state index in [0.717, 1.165) is 11.3 Å². The predicted octanol–water partition coefficient (Wildman–Crippen LogP) is 2.09. The Balaban J connectivity index is 2.08. The minimum absolute atomic E-state index is 0.0960. The molecule has 1 aliphatic rings. The normalized spacial score (nSPS) is 22.6. The number of nitrogens with zero attached hydrogens (tertiary/aromatic N) is 1. The topological polar surface area (TPSA) is 50.7 Å². The van der Waals surface area contributed by atoms with Crippen LogP contribution in [-0.4, -0.2) is 23.3 Å². The summed E-state index contributed by atoms with van der Waals surface area (Å²) in [6.45, 7) is 5.62. The zero-order valence-electron chi connectivity index (χ0n) is 10.9. The minimum Gasteiger partial charge on any atom is -0.379 e. The van der Waals surface area contributed by atoms with Crippen LogP contribution in [-0.2, 0) is 9.63 Å². The number of hydrogen-bond acceptors (Lipinski definition) is 3. The first-order chi connectivity index (χ1) is 8.51. The molecule has 0 saturated carbocycles. The summed E-state index contributed by atoms with van der Waals surface area (Å²) in [5, 5.41) is 6.90. The number of carbonyl (C=O) groups is 1. The van der Waals surface area contributed by atoms with E-state index in [1.54, 1.807) is 6.92 Å². The Morgan fingerprint density at radius 1 is 1.39 bits per heavy atom. The number of carbonyl (C=O) groups excluding carboxylic acids is 1. The molecule has 1 aliphatic heterocycles. The molecule has 0 radical (unpaired) electrons. The van der Waals surface area contributed by atoms with Gasteiger partial charge in [-0.3, -0.25) is 4.79 Å². The highest BCUT2D eigenvalue weighted by Crippen LogP contribution is 2.26. The van der Waals surface area contributed by atoms with Gasteiger partial charge in [0.2, 0.25) is 5.60 Å².